The fourth-order valence-electron chi connectivity index (χ4n) is 3.51. The minimum Gasteiger partial charge on any atom is -0.341 e. The zero-order valence-corrected chi connectivity index (χ0v) is 13.2. The van der Waals surface area contributed by atoms with Gasteiger partial charge in [-0.2, -0.15) is 0 Å². The van der Waals surface area contributed by atoms with Gasteiger partial charge in [-0.1, -0.05) is 19.8 Å². The van der Waals surface area contributed by atoms with E-state index in [4.69, 9.17) is 0 Å². The maximum Gasteiger partial charge on any atom is 0.239 e. The lowest BCUT2D eigenvalue weighted by Gasteiger charge is -2.38. The quantitative estimate of drug-likeness (QED) is 0.854. The maximum atomic E-state index is 12.6. The molecule has 1 unspecified atom stereocenters. The van der Waals surface area contributed by atoms with Gasteiger partial charge in [-0.15, -0.1) is 0 Å². The van der Waals surface area contributed by atoms with E-state index in [1.165, 1.54) is 32.2 Å². The molecule has 2 rings (SSSR count). The Labute approximate surface area is 123 Å². The summed E-state index contributed by atoms with van der Waals surface area (Å²) in [6.07, 6.45) is 8.16. The van der Waals surface area contributed by atoms with E-state index >= 15 is 0 Å². The highest BCUT2D eigenvalue weighted by molar-refractivity contribution is 5.82. The molecule has 0 aromatic rings. The molecular formula is C16H31N3O. The van der Waals surface area contributed by atoms with E-state index in [0.717, 1.165) is 38.9 Å². The van der Waals surface area contributed by atoms with Crippen LogP contribution in [0.4, 0.5) is 0 Å². The monoisotopic (exact) mass is 281 g/mol. The zero-order chi connectivity index (χ0) is 14.4. The van der Waals surface area contributed by atoms with E-state index in [1.54, 1.807) is 0 Å². The molecular weight excluding hydrogens is 250 g/mol. The summed E-state index contributed by atoms with van der Waals surface area (Å²) in [6.45, 7) is 6.73. The Morgan fingerprint density at radius 1 is 1.20 bits per heavy atom. The molecule has 0 saturated carbocycles. The molecule has 0 aliphatic carbocycles. The standard InChI is InChI=1S/C16H31N3O/c1-3-11-19-12-8-14(9-13-19)18(2)16(20)15-7-5-4-6-10-17-15/h14-15,17H,3-13H2,1-2H3. The van der Waals surface area contributed by atoms with Crippen LogP contribution in [0.1, 0.15) is 51.9 Å². The summed E-state index contributed by atoms with van der Waals surface area (Å²) in [5.74, 6) is 0.320. The Hall–Kier alpha value is -0.610. The third kappa shape index (κ3) is 4.19. The van der Waals surface area contributed by atoms with Gasteiger partial charge in [-0.25, -0.2) is 0 Å². The van der Waals surface area contributed by atoms with Gasteiger partial charge in [-0.3, -0.25) is 4.79 Å². The predicted molar refractivity (Wildman–Crippen MR) is 82.8 cm³/mol. The van der Waals surface area contributed by atoms with Crippen LogP contribution in [0.25, 0.3) is 0 Å². The van der Waals surface area contributed by atoms with Gasteiger partial charge in [0.25, 0.3) is 0 Å². The second-order valence-corrected chi connectivity index (χ2v) is 6.38. The predicted octanol–water partition coefficient (Wildman–Crippen LogP) is 1.85. The van der Waals surface area contributed by atoms with Gasteiger partial charge in [0, 0.05) is 26.2 Å². The summed E-state index contributed by atoms with van der Waals surface area (Å²) in [5, 5.41) is 3.43. The molecule has 2 fully saturated rings. The molecule has 0 aromatic heterocycles. The number of carbonyl (C=O) groups is 1. The molecule has 0 aromatic carbocycles. The van der Waals surface area contributed by atoms with Crippen LogP contribution < -0.4 is 5.32 Å². The Morgan fingerprint density at radius 2 is 1.95 bits per heavy atom. The van der Waals surface area contributed by atoms with Crippen LogP contribution in [0, 0.1) is 0 Å². The zero-order valence-electron chi connectivity index (χ0n) is 13.2. The van der Waals surface area contributed by atoms with E-state index in [2.05, 4.69) is 17.1 Å². The van der Waals surface area contributed by atoms with Crippen LogP contribution in [0.2, 0.25) is 0 Å². The van der Waals surface area contributed by atoms with Crippen LogP contribution in [0.5, 0.6) is 0 Å². The molecule has 4 nitrogen and oxygen atoms in total. The lowest BCUT2D eigenvalue weighted by atomic mass is 10.0. The fourth-order valence-corrected chi connectivity index (χ4v) is 3.51. The first kappa shape index (κ1) is 15.8. The molecule has 1 amide bonds. The number of rotatable bonds is 4. The normalized spacial score (nSPS) is 26.2. The third-order valence-corrected chi connectivity index (χ3v) is 4.85. The van der Waals surface area contributed by atoms with Crippen molar-refractivity contribution in [3.05, 3.63) is 0 Å². The van der Waals surface area contributed by atoms with Crippen LogP contribution >= 0.6 is 0 Å². The molecule has 0 bridgehead atoms. The van der Waals surface area contributed by atoms with E-state index in [-0.39, 0.29) is 6.04 Å². The number of hydrogen-bond acceptors (Lipinski definition) is 3. The van der Waals surface area contributed by atoms with Crippen LogP contribution in [-0.4, -0.2) is 61.0 Å². The first-order chi connectivity index (χ1) is 9.72. The molecule has 4 heteroatoms. The Morgan fingerprint density at radius 3 is 2.65 bits per heavy atom. The largest absolute Gasteiger partial charge is 0.341 e. The Balaban J connectivity index is 1.81. The summed E-state index contributed by atoms with van der Waals surface area (Å²) in [5.41, 5.74) is 0. The number of likely N-dealkylation sites (N-methyl/N-ethyl adjacent to an activating group) is 1. The van der Waals surface area contributed by atoms with E-state index < -0.39 is 0 Å². The minimum absolute atomic E-state index is 0.0659. The Bertz CT molecular complexity index is 292. The molecule has 1 N–H and O–H groups in total. The number of piperidine rings is 1. The number of likely N-dealkylation sites (tertiary alicyclic amines) is 1. The van der Waals surface area contributed by atoms with Gasteiger partial charge in [0.2, 0.25) is 5.91 Å². The van der Waals surface area contributed by atoms with Crippen molar-refractivity contribution >= 4 is 5.91 Å². The van der Waals surface area contributed by atoms with E-state index in [0.29, 0.717) is 11.9 Å². The van der Waals surface area contributed by atoms with Gasteiger partial charge in [0.1, 0.15) is 0 Å². The molecule has 2 saturated heterocycles. The van der Waals surface area contributed by atoms with Crippen LogP contribution in [0.3, 0.4) is 0 Å². The van der Waals surface area contributed by atoms with Gasteiger partial charge in [0.15, 0.2) is 0 Å². The number of amides is 1. The molecule has 0 spiro atoms. The van der Waals surface area contributed by atoms with Crippen molar-refractivity contribution in [3.63, 3.8) is 0 Å². The molecule has 2 aliphatic rings. The SMILES string of the molecule is CCCN1CCC(N(C)C(=O)C2CCCCCN2)CC1. The average Bonchev–Trinajstić information content (AvgIpc) is 2.76. The topological polar surface area (TPSA) is 35.6 Å². The van der Waals surface area contributed by atoms with Gasteiger partial charge < -0.3 is 15.1 Å². The summed E-state index contributed by atoms with van der Waals surface area (Å²) < 4.78 is 0. The number of carbonyl (C=O) groups excluding carboxylic acids is 1. The van der Waals surface area contributed by atoms with Crippen molar-refractivity contribution in [1.82, 2.24) is 15.1 Å². The lowest BCUT2D eigenvalue weighted by molar-refractivity contribution is -0.135. The second-order valence-electron chi connectivity index (χ2n) is 6.38. The second kappa shape index (κ2) is 7.99. The van der Waals surface area contributed by atoms with Gasteiger partial charge in [-0.05, 0) is 45.2 Å². The maximum absolute atomic E-state index is 12.6. The number of hydrogen-bond donors (Lipinski definition) is 1. The van der Waals surface area contributed by atoms with Crippen LogP contribution in [0.15, 0.2) is 0 Å². The molecule has 2 heterocycles. The highest BCUT2D eigenvalue weighted by Gasteiger charge is 2.29. The van der Waals surface area contributed by atoms with Crippen molar-refractivity contribution in [3.8, 4) is 0 Å². The minimum atomic E-state index is 0.0659. The lowest BCUT2D eigenvalue weighted by Crippen LogP contribution is -2.51. The molecule has 1 atom stereocenters. The van der Waals surface area contributed by atoms with Gasteiger partial charge >= 0.3 is 0 Å². The summed E-state index contributed by atoms with van der Waals surface area (Å²) in [6, 6.07) is 0.511. The van der Waals surface area contributed by atoms with Crippen molar-refractivity contribution in [2.45, 2.75) is 64.0 Å². The van der Waals surface area contributed by atoms with Crippen molar-refractivity contribution < 1.29 is 4.79 Å². The Kier molecular flexibility index (Phi) is 6.30. The fraction of sp³-hybridized carbons (Fsp3) is 0.938. The molecule has 0 radical (unpaired) electrons. The van der Waals surface area contributed by atoms with Crippen molar-refractivity contribution in [2.75, 3.05) is 33.2 Å². The first-order valence-corrected chi connectivity index (χ1v) is 8.44. The van der Waals surface area contributed by atoms with Crippen molar-refractivity contribution in [2.24, 2.45) is 0 Å². The summed E-state index contributed by atoms with van der Waals surface area (Å²) in [4.78, 5) is 17.2. The first-order valence-electron chi connectivity index (χ1n) is 8.44. The number of nitrogens with one attached hydrogen (secondary N) is 1. The smallest absolute Gasteiger partial charge is 0.239 e. The van der Waals surface area contributed by atoms with E-state index in [1.807, 2.05) is 11.9 Å². The number of nitrogens with zero attached hydrogens (tertiary/aromatic N) is 2. The molecule has 2 aliphatic heterocycles. The highest BCUT2D eigenvalue weighted by atomic mass is 16.2. The molecule has 20 heavy (non-hydrogen) atoms. The van der Waals surface area contributed by atoms with Gasteiger partial charge in [0.05, 0.1) is 6.04 Å². The van der Waals surface area contributed by atoms with Crippen molar-refractivity contribution in [1.29, 1.82) is 0 Å². The highest BCUT2D eigenvalue weighted by Crippen LogP contribution is 2.18. The van der Waals surface area contributed by atoms with E-state index in [9.17, 15) is 4.79 Å². The van der Waals surface area contributed by atoms with Crippen LogP contribution in [-0.2, 0) is 4.79 Å². The molecule has 116 valence electrons. The summed E-state index contributed by atoms with van der Waals surface area (Å²) >= 11 is 0. The average molecular weight is 281 g/mol. The third-order valence-electron chi connectivity index (χ3n) is 4.85. The summed E-state index contributed by atoms with van der Waals surface area (Å²) in [7, 11) is 2.01.